The molecule has 2 rings (SSSR count). The molecule has 0 unspecified atom stereocenters. The van der Waals surface area contributed by atoms with Crippen LogP contribution in [0.2, 0.25) is 0 Å². The van der Waals surface area contributed by atoms with Gasteiger partial charge in [-0.2, -0.15) is 17.9 Å². The number of nitrogens with zero attached hydrogens (tertiary/aromatic N) is 7. The number of alkyl halides is 3. The Morgan fingerprint density at radius 1 is 1.33 bits per heavy atom. The van der Waals surface area contributed by atoms with E-state index in [0.717, 1.165) is 4.68 Å². The molecule has 18 heavy (non-hydrogen) atoms. The Hall–Kier alpha value is -2.04. The molecule has 11 heteroatoms. The molecule has 2 aromatic rings. The van der Waals surface area contributed by atoms with Crippen molar-refractivity contribution in [2.75, 3.05) is 7.11 Å². The van der Waals surface area contributed by atoms with E-state index in [0.29, 0.717) is 4.68 Å². The van der Waals surface area contributed by atoms with Gasteiger partial charge in [0.15, 0.2) is 5.82 Å². The Morgan fingerprint density at radius 2 is 2.06 bits per heavy atom. The smallest absolute Gasteiger partial charge is 0.377 e. The van der Waals surface area contributed by atoms with Crippen molar-refractivity contribution in [3.63, 3.8) is 0 Å². The SMILES string of the molecule is COCc1nc(C(F)(F)F)n(-c2nnnn2C)n1. The fourth-order valence-corrected chi connectivity index (χ4v) is 1.27. The van der Waals surface area contributed by atoms with Crippen molar-refractivity contribution in [3.8, 4) is 5.95 Å². The Kier molecular flexibility index (Phi) is 2.98. The van der Waals surface area contributed by atoms with Crippen molar-refractivity contribution in [3.05, 3.63) is 11.6 Å². The standard InChI is InChI=1S/C7H8F3N7O/c1-16-6(12-14-15-16)17-5(7(8,9)10)11-4(13-17)3-18-2/h3H2,1-2H3. The molecule has 98 valence electrons. The van der Waals surface area contributed by atoms with Crippen LogP contribution in [0.25, 0.3) is 5.95 Å². The summed E-state index contributed by atoms with van der Waals surface area (Å²) in [5.41, 5.74) is 0. The molecule has 0 radical (unpaired) electrons. The first-order chi connectivity index (χ1) is 8.43. The molecule has 0 aliphatic carbocycles. The number of hydrogen-bond acceptors (Lipinski definition) is 6. The number of halogens is 3. The Morgan fingerprint density at radius 3 is 2.56 bits per heavy atom. The molecule has 0 fully saturated rings. The Balaban J connectivity index is 2.55. The molecule has 0 aliphatic rings. The fraction of sp³-hybridized carbons (Fsp3) is 0.571. The average Bonchev–Trinajstić information content (AvgIpc) is 2.83. The molecule has 0 amide bonds. The van der Waals surface area contributed by atoms with Crippen molar-refractivity contribution in [2.45, 2.75) is 12.8 Å². The maximum atomic E-state index is 12.8. The number of tetrazole rings is 1. The van der Waals surface area contributed by atoms with Crippen molar-refractivity contribution < 1.29 is 17.9 Å². The summed E-state index contributed by atoms with van der Waals surface area (Å²) in [5.74, 6) is -1.49. The molecule has 0 spiro atoms. The maximum absolute atomic E-state index is 12.8. The van der Waals surface area contributed by atoms with Gasteiger partial charge in [0.2, 0.25) is 5.82 Å². The van der Waals surface area contributed by atoms with Gasteiger partial charge in [-0.05, 0) is 10.4 Å². The van der Waals surface area contributed by atoms with Crippen LogP contribution in [0, 0.1) is 0 Å². The number of ether oxygens (including phenoxy) is 1. The minimum Gasteiger partial charge on any atom is -0.377 e. The molecule has 0 aliphatic heterocycles. The number of aryl methyl sites for hydroxylation is 1. The highest BCUT2D eigenvalue weighted by Crippen LogP contribution is 2.28. The number of rotatable bonds is 3. The predicted molar refractivity (Wildman–Crippen MR) is 49.4 cm³/mol. The van der Waals surface area contributed by atoms with Crippen LogP contribution in [0.1, 0.15) is 11.6 Å². The Bertz CT molecular complexity index is 545. The van der Waals surface area contributed by atoms with Crippen LogP contribution in [0.3, 0.4) is 0 Å². The lowest BCUT2D eigenvalue weighted by molar-refractivity contribution is -0.146. The number of methoxy groups -OCH3 is 1. The van der Waals surface area contributed by atoms with E-state index in [1.54, 1.807) is 0 Å². The number of aromatic nitrogens is 7. The zero-order chi connectivity index (χ0) is 13.3. The van der Waals surface area contributed by atoms with E-state index in [9.17, 15) is 13.2 Å². The summed E-state index contributed by atoms with van der Waals surface area (Å²) in [6.07, 6.45) is -4.66. The lowest BCUT2D eigenvalue weighted by Gasteiger charge is -2.05. The van der Waals surface area contributed by atoms with Gasteiger partial charge in [0.05, 0.1) is 0 Å². The van der Waals surface area contributed by atoms with Crippen LogP contribution in [0.5, 0.6) is 0 Å². The minimum absolute atomic E-state index is 0.104. The van der Waals surface area contributed by atoms with E-state index in [4.69, 9.17) is 4.74 Å². The van der Waals surface area contributed by atoms with E-state index in [2.05, 4.69) is 25.6 Å². The van der Waals surface area contributed by atoms with Crippen LogP contribution < -0.4 is 0 Å². The minimum atomic E-state index is -4.66. The predicted octanol–water partition coefficient (Wildman–Crippen LogP) is -0.0440. The molecule has 2 aromatic heterocycles. The summed E-state index contributed by atoms with van der Waals surface area (Å²) < 4.78 is 44.6. The van der Waals surface area contributed by atoms with Gasteiger partial charge < -0.3 is 4.74 Å². The van der Waals surface area contributed by atoms with Crippen molar-refractivity contribution in [2.24, 2.45) is 7.05 Å². The van der Waals surface area contributed by atoms with Gasteiger partial charge in [-0.25, -0.2) is 9.67 Å². The maximum Gasteiger partial charge on any atom is 0.451 e. The monoisotopic (exact) mass is 263 g/mol. The third-order valence-electron chi connectivity index (χ3n) is 1.97. The topological polar surface area (TPSA) is 83.5 Å². The normalized spacial score (nSPS) is 12.1. The zero-order valence-electron chi connectivity index (χ0n) is 9.38. The van der Waals surface area contributed by atoms with Gasteiger partial charge in [0, 0.05) is 14.2 Å². The van der Waals surface area contributed by atoms with Crippen LogP contribution in [-0.2, 0) is 24.6 Å². The van der Waals surface area contributed by atoms with E-state index in [1.807, 2.05) is 0 Å². The quantitative estimate of drug-likeness (QED) is 0.772. The molecular formula is C7H8F3N7O. The lowest BCUT2D eigenvalue weighted by Crippen LogP contribution is -2.17. The molecule has 0 N–H and O–H groups in total. The molecule has 0 atom stereocenters. The van der Waals surface area contributed by atoms with Crippen LogP contribution in [-0.4, -0.2) is 42.1 Å². The van der Waals surface area contributed by atoms with Gasteiger partial charge in [-0.15, -0.1) is 5.10 Å². The van der Waals surface area contributed by atoms with E-state index in [-0.39, 0.29) is 18.4 Å². The van der Waals surface area contributed by atoms with E-state index in [1.165, 1.54) is 14.2 Å². The molecule has 0 saturated heterocycles. The average molecular weight is 263 g/mol. The van der Waals surface area contributed by atoms with E-state index < -0.39 is 12.0 Å². The van der Waals surface area contributed by atoms with Gasteiger partial charge in [-0.1, -0.05) is 5.10 Å². The summed E-state index contributed by atoms with van der Waals surface area (Å²) in [7, 11) is 2.73. The second-order valence-electron chi connectivity index (χ2n) is 3.30. The van der Waals surface area contributed by atoms with Crippen LogP contribution in [0.4, 0.5) is 13.2 Å². The first-order valence-corrected chi connectivity index (χ1v) is 4.68. The van der Waals surface area contributed by atoms with Gasteiger partial charge in [-0.3, -0.25) is 0 Å². The molecule has 0 aromatic carbocycles. The Labute approximate surface area is 98.4 Å². The summed E-state index contributed by atoms with van der Waals surface area (Å²) in [6, 6.07) is 0. The third kappa shape index (κ3) is 2.16. The first-order valence-electron chi connectivity index (χ1n) is 4.68. The second-order valence-corrected chi connectivity index (χ2v) is 3.30. The van der Waals surface area contributed by atoms with Crippen molar-refractivity contribution in [1.82, 2.24) is 35.0 Å². The van der Waals surface area contributed by atoms with Crippen LogP contribution in [0.15, 0.2) is 0 Å². The van der Waals surface area contributed by atoms with Gasteiger partial charge in [0.25, 0.3) is 5.95 Å². The number of hydrogen-bond donors (Lipinski definition) is 0. The summed E-state index contributed by atoms with van der Waals surface area (Å²) >= 11 is 0. The molecular weight excluding hydrogens is 255 g/mol. The van der Waals surface area contributed by atoms with Crippen molar-refractivity contribution in [1.29, 1.82) is 0 Å². The van der Waals surface area contributed by atoms with Crippen molar-refractivity contribution >= 4 is 0 Å². The molecule has 0 saturated carbocycles. The highest BCUT2D eigenvalue weighted by Gasteiger charge is 2.39. The first kappa shape index (κ1) is 12.4. The lowest BCUT2D eigenvalue weighted by atomic mass is 10.6. The molecule has 8 nitrogen and oxygen atoms in total. The van der Waals surface area contributed by atoms with E-state index >= 15 is 0 Å². The van der Waals surface area contributed by atoms with Gasteiger partial charge >= 0.3 is 6.18 Å². The molecule has 2 heterocycles. The van der Waals surface area contributed by atoms with Gasteiger partial charge in [0.1, 0.15) is 6.61 Å². The summed E-state index contributed by atoms with van der Waals surface area (Å²) in [5, 5.41) is 13.8. The van der Waals surface area contributed by atoms with Crippen LogP contribution >= 0.6 is 0 Å². The summed E-state index contributed by atoms with van der Waals surface area (Å²) in [4.78, 5) is 3.36. The summed E-state index contributed by atoms with van der Waals surface area (Å²) in [6.45, 7) is -0.138. The highest BCUT2D eigenvalue weighted by molar-refractivity contribution is 5.12. The highest BCUT2D eigenvalue weighted by atomic mass is 19.4. The second kappa shape index (κ2) is 4.33. The zero-order valence-corrected chi connectivity index (χ0v) is 9.38. The molecule has 0 bridgehead atoms. The largest absolute Gasteiger partial charge is 0.451 e. The third-order valence-corrected chi connectivity index (χ3v) is 1.97. The fourth-order valence-electron chi connectivity index (χ4n) is 1.27.